The summed E-state index contributed by atoms with van der Waals surface area (Å²) in [6, 6.07) is 3.63. The van der Waals surface area contributed by atoms with Crippen molar-refractivity contribution in [1.29, 1.82) is 0 Å². The van der Waals surface area contributed by atoms with Crippen molar-refractivity contribution in [1.82, 2.24) is 19.6 Å². The molecule has 0 spiro atoms. The van der Waals surface area contributed by atoms with Gasteiger partial charge in [0, 0.05) is 23.7 Å². The standard InChI is InChI=1S/C10H8N4O2.C2H6/c1-6-5-11-8-4-7(2-3-14(6)8)9-12-13-10(15)16-9;1-2/h2-5H,1H3,(H,13,15);1-2H3. The van der Waals surface area contributed by atoms with Crippen molar-refractivity contribution in [3.8, 4) is 11.5 Å². The van der Waals surface area contributed by atoms with Gasteiger partial charge in [0.25, 0.3) is 0 Å². The molecule has 3 aromatic heterocycles. The average molecular weight is 246 g/mol. The van der Waals surface area contributed by atoms with Crippen LogP contribution in [0.15, 0.2) is 33.7 Å². The van der Waals surface area contributed by atoms with Gasteiger partial charge in [0.1, 0.15) is 5.65 Å². The first-order chi connectivity index (χ1) is 8.74. The van der Waals surface area contributed by atoms with E-state index in [1.807, 2.05) is 43.5 Å². The van der Waals surface area contributed by atoms with E-state index in [1.165, 1.54) is 0 Å². The van der Waals surface area contributed by atoms with Gasteiger partial charge in [0.05, 0.1) is 0 Å². The number of hydrogen-bond donors (Lipinski definition) is 1. The zero-order valence-electron chi connectivity index (χ0n) is 10.5. The smallest absolute Gasteiger partial charge is 0.388 e. The zero-order chi connectivity index (χ0) is 13.1. The maximum absolute atomic E-state index is 10.8. The highest BCUT2D eigenvalue weighted by Gasteiger charge is 2.07. The Balaban J connectivity index is 0.000000574. The topological polar surface area (TPSA) is 76.2 Å². The van der Waals surface area contributed by atoms with Gasteiger partial charge >= 0.3 is 5.76 Å². The lowest BCUT2D eigenvalue weighted by atomic mass is 10.2. The number of rotatable bonds is 1. The Morgan fingerprint density at radius 1 is 1.39 bits per heavy atom. The molecule has 1 N–H and O–H groups in total. The van der Waals surface area contributed by atoms with Gasteiger partial charge in [-0.1, -0.05) is 13.8 Å². The van der Waals surface area contributed by atoms with Gasteiger partial charge in [-0.3, -0.25) is 0 Å². The lowest BCUT2D eigenvalue weighted by Crippen LogP contribution is -1.93. The summed E-state index contributed by atoms with van der Waals surface area (Å²) in [5.41, 5.74) is 2.56. The van der Waals surface area contributed by atoms with Crippen molar-refractivity contribution in [2.75, 3.05) is 0 Å². The first-order valence-electron chi connectivity index (χ1n) is 5.73. The zero-order valence-corrected chi connectivity index (χ0v) is 10.5. The summed E-state index contributed by atoms with van der Waals surface area (Å²) in [4.78, 5) is 15.0. The Morgan fingerprint density at radius 3 is 2.83 bits per heavy atom. The lowest BCUT2D eigenvalue weighted by molar-refractivity contribution is 0.527. The van der Waals surface area contributed by atoms with Gasteiger partial charge in [-0.2, -0.15) is 0 Å². The number of hydrogen-bond acceptors (Lipinski definition) is 4. The van der Waals surface area contributed by atoms with E-state index in [0.717, 1.165) is 16.9 Å². The van der Waals surface area contributed by atoms with Crippen LogP contribution in [0, 0.1) is 6.92 Å². The van der Waals surface area contributed by atoms with Crippen molar-refractivity contribution in [3.63, 3.8) is 0 Å². The second kappa shape index (κ2) is 4.87. The number of nitrogens with zero attached hydrogens (tertiary/aromatic N) is 3. The molecule has 0 radical (unpaired) electrons. The Hall–Kier alpha value is -2.37. The van der Waals surface area contributed by atoms with Gasteiger partial charge in [-0.05, 0) is 19.1 Å². The minimum atomic E-state index is -0.561. The highest BCUT2D eigenvalue weighted by atomic mass is 16.4. The largest absolute Gasteiger partial charge is 0.434 e. The fraction of sp³-hybridized carbons (Fsp3) is 0.250. The van der Waals surface area contributed by atoms with Crippen LogP contribution in [0.3, 0.4) is 0 Å². The van der Waals surface area contributed by atoms with Crippen molar-refractivity contribution in [2.24, 2.45) is 0 Å². The molecule has 0 unspecified atom stereocenters. The van der Waals surface area contributed by atoms with Crippen LogP contribution in [-0.4, -0.2) is 19.6 Å². The number of H-pyrrole nitrogens is 1. The van der Waals surface area contributed by atoms with Gasteiger partial charge in [0.2, 0.25) is 5.89 Å². The minimum Gasteiger partial charge on any atom is -0.388 e. The molecule has 3 aromatic rings. The summed E-state index contributed by atoms with van der Waals surface area (Å²) >= 11 is 0. The summed E-state index contributed by atoms with van der Waals surface area (Å²) in [5, 5.41) is 5.98. The number of imidazole rings is 1. The number of aromatic amines is 1. The highest BCUT2D eigenvalue weighted by molar-refractivity contribution is 5.59. The molecule has 0 fully saturated rings. The van der Waals surface area contributed by atoms with E-state index in [2.05, 4.69) is 15.2 Å². The van der Waals surface area contributed by atoms with Crippen molar-refractivity contribution in [3.05, 3.63) is 40.8 Å². The van der Waals surface area contributed by atoms with Crippen molar-refractivity contribution < 1.29 is 4.42 Å². The molecule has 18 heavy (non-hydrogen) atoms. The van der Waals surface area contributed by atoms with E-state index in [4.69, 9.17) is 4.42 Å². The minimum absolute atomic E-state index is 0.271. The van der Waals surface area contributed by atoms with Crippen LogP contribution < -0.4 is 5.76 Å². The predicted octanol–water partition coefficient (Wildman–Crippen LogP) is 2.01. The van der Waals surface area contributed by atoms with Crippen LogP contribution in [0.2, 0.25) is 0 Å². The highest BCUT2D eigenvalue weighted by Crippen LogP contribution is 2.17. The molecule has 6 heteroatoms. The van der Waals surface area contributed by atoms with E-state index in [-0.39, 0.29) is 5.89 Å². The van der Waals surface area contributed by atoms with E-state index in [9.17, 15) is 4.79 Å². The Labute approximate surface area is 103 Å². The number of aryl methyl sites for hydroxylation is 1. The number of pyridine rings is 1. The molecule has 3 heterocycles. The number of fused-ring (bicyclic) bond motifs is 1. The van der Waals surface area contributed by atoms with Gasteiger partial charge < -0.3 is 8.82 Å². The fourth-order valence-corrected chi connectivity index (χ4v) is 1.59. The first-order valence-corrected chi connectivity index (χ1v) is 5.73. The van der Waals surface area contributed by atoms with E-state index >= 15 is 0 Å². The molecule has 0 saturated heterocycles. The Kier molecular flexibility index (Phi) is 3.27. The molecule has 0 saturated carbocycles. The van der Waals surface area contributed by atoms with E-state index in [0.29, 0.717) is 0 Å². The third-order valence-electron chi connectivity index (χ3n) is 2.38. The molecule has 3 rings (SSSR count). The Bertz CT molecular complexity index is 708. The Morgan fingerprint density at radius 2 is 2.17 bits per heavy atom. The first kappa shape index (κ1) is 12.1. The molecule has 0 aliphatic rings. The molecule has 0 aliphatic heterocycles. The number of aromatic nitrogens is 4. The molecule has 0 aromatic carbocycles. The van der Waals surface area contributed by atoms with Crippen LogP contribution in [-0.2, 0) is 0 Å². The fourth-order valence-electron chi connectivity index (χ4n) is 1.59. The molecule has 0 bridgehead atoms. The molecular formula is C12H14N4O2. The normalized spacial score (nSPS) is 10.2. The lowest BCUT2D eigenvalue weighted by Gasteiger charge is -1.97. The summed E-state index contributed by atoms with van der Waals surface area (Å²) in [6.45, 7) is 5.97. The summed E-state index contributed by atoms with van der Waals surface area (Å²) in [7, 11) is 0. The second-order valence-corrected chi connectivity index (χ2v) is 3.46. The average Bonchev–Trinajstić information content (AvgIpc) is 2.99. The maximum Gasteiger partial charge on any atom is 0.434 e. The van der Waals surface area contributed by atoms with Crippen molar-refractivity contribution in [2.45, 2.75) is 20.8 Å². The molecule has 0 amide bonds. The summed E-state index contributed by atoms with van der Waals surface area (Å²) in [6.07, 6.45) is 3.64. The van der Waals surface area contributed by atoms with Crippen LogP contribution in [0.1, 0.15) is 19.5 Å². The van der Waals surface area contributed by atoms with E-state index in [1.54, 1.807) is 6.20 Å². The van der Waals surface area contributed by atoms with Crippen LogP contribution in [0.5, 0.6) is 0 Å². The molecular weight excluding hydrogens is 232 g/mol. The summed E-state index contributed by atoms with van der Waals surface area (Å²) < 4.78 is 6.80. The van der Waals surface area contributed by atoms with Crippen LogP contribution >= 0.6 is 0 Å². The predicted molar refractivity (Wildman–Crippen MR) is 67.4 cm³/mol. The summed E-state index contributed by atoms with van der Waals surface area (Å²) in [5.74, 6) is -0.289. The van der Waals surface area contributed by atoms with Crippen LogP contribution in [0.4, 0.5) is 0 Å². The maximum atomic E-state index is 10.8. The van der Waals surface area contributed by atoms with Gasteiger partial charge in [-0.25, -0.2) is 14.9 Å². The monoisotopic (exact) mass is 246 g/mol. The molecule has 0 aliphatic carbocycles. The van der Waals surface area contributed by atoms with Gasteiger partial charge in [-0.15, -0.1) is 5.10 Å². The molecule has 6 nitrogen and oxygen atoms in total. The number of nitrogens with one attached hydrogen (secondary N) is 1. The van der Waals surface area contributed by atoms with Crippen LogP contribution in [0.25, 0.3) is 17.1 Å². The second-order valence-electron chi connectivity index (χ2n) is 3.46. The van der Waals surface area contributed by atoms with Crippen molar-refractivity contribution >= 4 is 5.65 Å². The van der Waals surface area contributed by atoms with Gasteiger partial charge in [0.15, 0.2) is 0 Å². The molecule has 94 valence electrons. The molecule has 0 atom stereocenters. The third-order valence-corrected chi connectivity index (χ3v) is 2.38. The quantitative estimate of drug-likeness (QED) is 0.712. The van der Waals surface area contributed by atoms with E-state index < -0.39 is 5.76 Å². The SMILES string of the molecule is CC.Cc1cnc2cc(-c3n[nH]c(=O)o3)ccn12. The third kappa shape index (κ3) is 2.04.